The van der Waals surface area contributed by atoms with Gasteiger partial charge in [-0.15, -0.1) is 0 Å². The Bertz CT molecular complexity index is 417. The molecule has 0 unspecified atom stereocenters. The van der Waals surface area contributed by atoms with E-state index >= 15 is 0 Å². The summed E-state index contributed by atoms with van der Waals surface area (Å²) in [5.74, 6) is 0. The third kappa shape index (κ3) is 0.310. The zero-order chi connectivity index (χ0) is 6.55. The van der Waals surface area contributed by atoms with Crippen LogP contribution in [0, 0.1) is 0 Å². The molecule has 0 fully saturated rings. The molecule has 2 aromatic rings. The molecule has 1 aliphatic rings. The summed E-state index contributed by atoms with van der Waals surface area (Å²) in [5, 5.41) is 0. The van der Waals surface area contributed by atoms with Crippen molar-refractivity contribution in [2.45, 2.75) is 0 Å². The van der Waals surface area contributed by atoms with Crippen molar-refractivity contribution in [3.05, 3.63) is 30.2 Å². The average molecular weight is 130 g/mol. The van der Waals surface area contributed by atoms with Crippen LogP contribution in [-0.2, 0) is 0 Å². The molecule has 3 heterocycles. The van der Waals surface area contributed by atoms with E-state index in [4.69, 9.17) is 0 Å². The van der Waals surface area contributed by atoms with Crippen molar-refractivity contribution < 1.29 is 0 Å². The van der Waals surface area contributed by atoms with Gasteiger partial charge in [-0.2, -0.15) is 0 Å². The van der Waals surface area contributed by atoms with E-state index in [-0.39, 0.29) is 0 Å². The van der Waals surface area contributed by atoms with Gasteiger partial charge in [0.1, 0.15) is 5.65 Å². The molecule has 0 N–H and O–H groups in total. The lowest BCUT2D eigenvalue weighted by Crippen LogP contribution is -1.95. The summed E-state index contributed by atoms with van der Waals surface area (Å²) in [4.78, 5) is 0. The van der Waals surface area contributed by atoms with E-state index in [2.05, 4.69) is 45.8 Å². The molecular formula is C8H6N2. The summed E-state index contributed by atoms with van der Waals surface area (Å²) in [7, 11) is 0. The molecule has 3 rings (SSSR count). The van der Waals surface area contributed by atoms with E-state index in [0.717, 1.165) is 0 Å². The van der Waals surface area contributed by atoms with Crippen LogP contribution in [0.5, 0.6) is 0 Å². The highest BCUT2D eigenvalue weighted by molar-refractivity contribution is 5.75. The van der Waals surface area contributed by atoms with E-state index in [0.29, 0.717) is 0 Å². The fourth-order valence-corrected chi connectivity index (χ4v) is 1.39. The highest BCUT2D eigenvalue weighted by Crippen LogP contribution is 2.20. The van der Waals surface area contributed by atoms with Crippen LogP contribution in [-0.4, -0.2) is 8.97 Å². The van der Waals surface area contributed by atoms with Gasteiger partial charge in [0.15, 0.2) is 0 Å². The zero-order valence-electron chi connectivity index (χ0n) is 5.36. The van der Waals surface area contributed by atoms with Crippen LogP contribution in [0.25, 0.3) is 17.9 Å². The minimum absolute atomic E-state index is 1.25. The molecule has 0 atom stereocenters. The summed E-state index contributed by atoms with van der Waals surface area (Å²) >= 11 is 0. The first-order chi connectivity index (χ1) is 4.95. The van der Waals surface area contributed by atoms with Crippen molar-refractivity contribution in [1.82, 2.24) is 8.97 Å². The summed E-state index contributed by atoms with van der Waals surface area (Å²) in [6.07, 6.45) is 8.36. The maximum absolute atomic E-state index is 2.17. The number of hydrogen-bond acceptors (Lipinski definition) is 0. The van der Waals surface area contributed by atoms with E-state index in [1.54, 1.807) is 0 Å². The second-order valence-corrected chi connectivity index (χ2v) is 2.51. The van der Waals surface area contributed by atoms with Crippen molar-refractivity contribution in [1.29, 1.82) is 0 Å². The number of imidazole rings is 1. The molecule has 0 bridgehead atoms. The Hall–Kier alpha value is -1.44. The van der Waals surface area contributed by atoms with Crippen LogP contribution in [0.15, 0.2) is 24.5 Å². The van der Waals surface area contributed by atoms with E-state index in [1.165, 1.54) is 11.3 Å². The maximum Gasteiger partial charge on any atom is 0.121 e. The number of nitrogens with zero attached hydrogens (tertiary/aromatic N) is 2. The smallest absolute Gasteiger partial charge is 0.121 e. The molecule has 0 aromatic carbocycles. The molecule has 2 aromatic heterocycles. The first-order valence-electron chi connectivity index (χ1n) is 3.31. The molecule has 0 saturated carbocycles. The summed E-state index contributed by atoms with van der Waals surface area (Å²) in [5.41, 5.74) is 2.54. The lowest BCUT2D eigenvalue weighted by molar-refractivity contribution is 1.15. The summed E-state index contributed by atoms with van der Waals surface area (Å²) < 4.78 is 4.29. The number of hydrogen-bond donors (Lipinski definition) is 0. The Morgan fingerprint density at radius 2 is 2.30 bits per heavy atom. The number of fused-ring (bicyclic) bond motifs is 3. The first-order valence-corrected chi connectivity index (χ1v) is 3.31. The highest BCUT2D eigenvalue weighted by atomic mass is 15.1. The van der Waals surface area contributed by atoms with E-state index in [1.807, 2.05) is 0 Å². The van der Waals surface area contributed by atoms with Crippen LogP contribution >= 0.6 is 0 Å². The molecular weight excluding hydrogens is 124 g/mol. The minimum Gasteiger partial charge on any atom is -0.308 e. The molecule has 2 nitrogen and oxygen atoms in total. The quantitative estimate of drug-likeness (QED) is 0.438. The van der Waals surface area contributed by atoms with Crippen molar-refractivity contribution in [3.63, 3.8) is 0 Å². The van der Waals surface area contributed by atoms with Gasteiger partial charge in [0.05, 0.1) is 5.69 Å². The van der Waals surface area contributed by atoms with Gasteiger partial charge >= 0.3 is 0 Å². The van der Waals surface area contributed by atoms with Crippen molar-refractivity contribution >= 4 is 17.9 Å². The van der Waals surface area contributed by atoms with Crippen LogP contribution in [0.4, 0.5) is 0 Å². The Kier molecular flexibility index (Phi) is 0.520. The SMILES string of the molecule is C1=Cn2c1cn1cccc21. The van der Waals surface area contributed by atoms with Gasteiger partial charge in [-0.1, -0.05) is 0 Å². The minimum atomic E-state index is 1.25. The Labute approximate surface area is 58.0 Å². The van der Waals surface area contributed by atoms with E-state index in [9.17, 15) is 0 Å². The molecule has 2 heteroatoms. The molecule has 1 aliphatic heterocycles. The van der Waals surface area contributed by atoms with Crippen LogP contribution in [0.2, 0.25) is 0 Å². The Balaban J connectivity index is 2.63. The number of rotatable bonds is 0. The Morgan fingerprint density at radius 3 is 3.10 bits per heavy atom. The molecule has 0 amide bonds. The fourth-order valence-electron chi connectivity index (χ4n) is 1.39. The van der Waals surface area contributed by atoms with Gasteiger partial charge in [0.2, 0.25) is 0 Å². The lowest BCUT2D eigenvalue weighted by Gasteiger charge is -2.05. The third-order valence-electron chi connectivity index (χ3n) is 1.95. The maximum atomic E-state index is 2.17. The largest absolute Gasteiger partial charge is 0.308 e. The zero-order valence-corrected chi connectivity index (χ0v) is 5.36. The van der Waals surface area contributed by atoms with Crippen molar-refractivity contribution in [2.75, 3.05) is 0 Å². The average Bonchev–Trinajstić information content (AvgIpc) is 2.35. The van der Waals surface area contributed by atoms with Crippen molar-refractivity contribution in [3.8, 4) is 0 Å². The Morgan fingerprint density at radius 1 is 1.30 bits per heavy atom. The normalized spacial score (nSPS) is 13.6. The van der Waals surface area contributed by atoms with Gasteiger partial charge in [-0.05, 0) is 18.2 Å². The highest BCUT2D eigenvalue weighted by Gasteiger charge is 2.08. The topological polar surface area (TPSA) is 9.34 Å². The summed E-state index contributed by atoms with van der Waals surface area (Å²) in [6.45, 7) is 0. The monoisotopic (exact) mass is 130 g/mol. The lowest BCUT2D eigenvalue weighted by atomic mass is 10.3. The number of aromatic nitrogens is 2. The van der Waals surface area contributed by atoms with Crippen molar-refractivity contribution in [2.24, 2.45) is 0 Å². The van der Waals surface area contributed by atoms with Gasteiger partial charge < -0.3 is 8.97 Å². The predicted molar refractivity (Wildman–Crippen MR) is 40.6 cm³/mol. The van der Waals surface area contributed by atoms with Gasteiger partial charge in [0.25, 0.3) is 0 Å². The van der Waals surface area contributed by atoms with Crippen LogP contribution in [0.3, 0.4) is 0 Å². The molecule has 10 heavy (non-hydrogen) atoms. The molecule has 48 valence electrons. The molecule has 0 spiro atoms. The second-order valence-electron chi connectivity index (χ2n) is 2.51. The van der Waals surface area contributed by atoms with Gasteiger partial charge in [0, 0.05) is 18.6 Å². The first kappa shape index (κ1) is 4.39. The fraction of sp³-hybridized carbons (Fsp3) is 0. The molecule has 0 saturated heterocycles. The molecule has 0 radical (unpaired) electrons. The van der Waals surface area contributed by atoms with Crippen LogP contribution in [0.1, 0.15) is 5.69 Å². The van der Waals surface area contributed by atoms with Crippen LogP contribution < -0.4 is 0 Å². The third-order valence-corrected chi connectivity index (χ3v) is 1.95. The molecule has 0 aliphatic carbocycles. The standard InChI is InChI=1S/C8H6N2/c1-2-8-9(4-1)6-7-3-5-10(7)8/h1-6H. The predicted octanol–water partition coefficient (Wildman–Crippen LogP) is 1.68. The van der Waals surface area contributed by atoms with Gasteiger partial charge in [-0.3, -0.25) is 0 Å². The summed E-state index contributed by atoms with van der Waals surface area (Å²) in [6, 6.07) is 4.15. The second kappa shape index (κ2) is 1.19. The van der Waals surface area contributed by atoms with E-state index < -0.39 is 0 Å². The van der Waals surface area contributed by atoms with Gasteiger partial charge in [-0.25, -0.2) is 0 Å².